The average molecular weight is 272 g/mol. The van der Waals surface area contributed by atoms with Crippen molar-refractivity contribution in [1.29, 1.82) is 0 Å². The first kappa shape index (κ1) is 12.3. The fourth-order valence-corrected chi connectivity index (χ4v) is 2.00. The van der Waals surface area contributed by atoms with E-state index in [1.54, 1.807) is 18.3 Å². The van der Waals surface area contributed by atoms with Crippen molar-refractivity contribution < 1.29 is 4.39 Å². The number of H-pyrrole nitrogens is 1. The number of hydrogen-bond donors (Lipinski definition) is 3. The van der Waals surface area contributed by atoms with Crippen LogP contribution in [0.25, 0.3) is 11.0 Å². The van der Waals surface area contributed by atoms with Crippen molar-refractivity contribution in [3.05, 3.63) is 41.8 Å². The number of anilines is 2. The van der Waals surface area contributed by atoms with Crippen LogP contribution >= 0.6 is 0 Å². The van der Waals surface area contributed by atoms with E-state index >= 15 is 0 Å². The summed E-state index contributed by atoms with van der Waals surface area (Å²) < 4.78 is 13.5. The molecule has 0 fully saturated rings. The first-order valence-electron chi connectivity index (χ1n) is 6.18. The van der Waals surface area contributed by atoms with Crippen LogP contribution < -0.4 is 11.1 Å². The van der Waals surface area contributed by atoms with Crippen LogP contribution in [0.3, 0.4) is 0 Å². The zero-order chi connectivity index (χ0) is 13.9. The zero-order valence-electron chi connectivity index (χ0n) is 10.6. The number of hydrogen-bond acceptors (Lipinski definition) is 5. The molecule has 0 aliphatic rings. The molecule has 3 aromatic rings. The third-order valence-electron chi connectivity index (χ3n) is 2.97. The molecule has 7 heteroatoms. The van der Waals surface area contributed by atoms with Gasteiger partial charge in [-0.05, 0) is 18.1 Å². The lowest BCUT2D eigenvalue weighted by Crippen LogP contribution is -2.09. The number of aromatic amines is 1. The Bertz CT molecular complexity index is 739. The summed E-state index contributed by atoms with van der Waals surface area (Å²) in [6.45, 7) is 0.539. The van der Waals surface area contributed by atoms with E-state index < -0.39 is 0 Å². The predicted molar refractivity (Wildman–Crippen MR) is 74.7 cm³/mol. The molecule has 6 nitrogen and oxygen atoms in total. The molecular formula is C13H13FN6. The second-order valence-electron chi connectivity index (χ2n) is 4.33. The van der Waals surface area contributed by atoms with Gasteiger partial charge in [-0.3, -0.25) is 5.10 Å². The van der Waals surface area contributed by atoms with Crippen LogP contribution in [0.5, 0.6) is 0 Å². The Balaban J connectivity index is 1.74. The predicted octanol–water partition coefficient (Wildman–Crippen LogP) is 1.73. The monoisotopic (exact) mass is 272 g/mol. The van der Waals surface area contributed by atoms with Gasteiger partial charge in [0, 0.05) is 6.54 Å². The number of nitrogens with two attached hydrogens (primary N) is 1. The third-order valence-corrected chi connectivity index (χ3v) is 2.97. The molecule has 0 amide bonds. The normalized spacial score (nSPS) is 10.8. The van der Waals surface area contributed by atoms with Crippen LogP contribution in [0.15, 0.2) is 30.5 Å². The van der Waals surface area contributed by atoms with Crippen LogP contribution in [-0.2, 0) is 6.42 Å². The number of fused-ring (bicyclic) bond motifs is 1. The van der Waals surface area contributed by atoms with Crippen molar-refractivity contribution in [3.8, 4) is 0 Å². The summed E-state index contributed by atoms with van der Waals surface area (Å²) in [5, 5.41) is 10.5. The number of halogens is 1. The molecule has 0 spiro atoms. The maximum atomic E-state index is 13.5. The van der Waals surface area contributed by atoms with Crippen LogP contribution in [0.4, 0.5) is 16.2 Å². The largest absolute Gasteiger partial charge is 0.369 e. The number of rotatable bonds is 4. The molecule has 2 heterocycles. The second-order valence-corrected chi connectivity index (χ2v) is 4.33. The zero-order valence-corrected chi connectivity index (χ0v) is 10.6. The van der Waals surface area contributed by atoms with E-state index in [0.717, 1.165) is 5.39 Å². The van der Waals surface area contributed by atoms with Crippen LogP contribution in [0, 0.1) is 5.82 Å². The van der Waals surface area contributed by atoms with Crippen molar-refractivity contribution in [2.45, 2.75) is 6.42 Å². The van der Waals surface area contributed by atoms with Crippen LogP contribution in [0.1, 0.15) is 5.56 Å². The summed E-state index contributed by atoms with van der Waals surface area (Å²) >= 11 is 0. The summed E-state index contributed by atoms with van der Waals surface area (Å²) in [5.74, 6) is 0.553. The van der Waals surface area contributed by atoms with Gasteiger partial charge in [-0.15, -0.1) is 0 Å². The molecule has 0 unspecified atom stereocenters. The van der Waals surface area contributed by atoms with E-state index in [1.807, 2.05) is 6.07 Å². The molecule has 0 saturated heterocycles. The average Bonchev–Trinajstić information content (AvgIpc) is 2.89. The fraction of sp³-hybridized carbons (Fsp3) is 0.154. The highest BCUT2D eigenvalue weighted by atomic mass is 19.1. The van der Waals surface area contributed by atoms with Crippen molar-refractivity contribution >= 4 is 22.8 Å². The van der Waals surface area contributed by atoms with Gasteiger partial charge in [0.05, 0.1) is 11.6 Å². The van der Waals surface area contributed by atoms with Gasteiger partial charge in [0.2, 0.25) is 5.95 Å². The molecule has 0 aliphatic heterocycles. The highest BCUT2D eigenvalue weighted by molar-refractivity contribution is 5.86. The van der Waals surface area contributed by atoms with Crippen molar-refractivity contribution in [3.63, 3.8) is 0 Å². The number of nitrogens with one attached hydrogen (secondary N) is 2. The Hall–Kier alpha value is -2.70. The molecule has 0 atom stereocenters. The molecule has 3 rings (SSSR count). The number of aromatic nitrogens is 4. The first-order chi connectivity index (χ1) is 9.74. The van der Waals surface area contributed by atoms with Gasteiger partial charge in [0.15, 0.2) is 5.65 Å². The number of nitrogens with zero attached hydrogens (tertiary/aromatic N) is 3. The lowest BCUT2D eigenvalue weighted by atomic mass is 10.1. The van der Waals surface area contributed by atoms with E-state index in [9.17, 15) is 4.39 Å². The first-order valence-corrected chi connectivity index (χ1v) is 6.18. The molecule has 0 bridgehead atoms. The number of benzene rings is 1. The summed E-state index contributed by atoms with van der Waals surface area (Å²) in [6, 6.07) is 6.70. The third kappa shape index (κ3) is 2.37. The molecule has 0 radical (unpaired) electrons. The molecule has 4 N–H and O–H groups in total. The van der Waals surface area contributed by atoms with Gasteiger partial charge in [-0.1, -0.05) is 18.2 Å². The molecular weight excluding hydrogens is 259 g/mol. The Labute approximate surface area is 114 Å². The lowest BCUT2D eigenvalue weighted by Gasteiger charge is -2.07. The van der Waals surface area contributed by atoms with E-state index in [4.69, 9.17) is 5.73 Å². The van der Waals surface area contributed by atoms with Gasteiger partial charge < -0.3 is 11.1 Å². The topological polar surface area (TPSA) is 92.5 Å². The Kier molecular flexibility index (Phi) is 3.16. The molecule has 0 aliphatic carbocycles. The van der Waals surface area contributed by atoms with Crippen LogP contribution in [-0.4, -0.2) is 26.7 Å². The van der Waals surface area contributed by atoms with Crippen molar-refractivity contribution in [2.75, 3.05) is 17.6 Å². The minimum atomic E-state index is -0.204. The number of nitrogen functional groups attached to an aromatic ring is 1. The molecule has 20 heavy (non-hydrogen) atoms. The van der Waals surface area contributed by atoms with Gasteiger partial charge in [0.1, 0.15) is 11.6 Å². The Morgan fingerprint density at radius 2 is 2.10 bits per heavy atom. The second kappa shape index (κ2) is 5.12. The van der Waals surface area contributed by atoms with E-state index in [2.05, 4.69) is 25.5 Å². The van der Waals surface area contributed by atoms with Crippen LogP contribution in [0.2, 0.25) is 0 Å². The Morgan fingerprint density at radius 1 is 1.25 bits per heavy atom. The molecule has 1 aromatic carbocycles. The minimum Gasteiger partial charge on any atom is -0.369 e. The fourth-order valence-electron chi connectivity index (χ4n) is 2.00. The van der Waals surface area contributed by atoms with Crippen molar-refractivity contribution in [1.82, 2.24) is 20.2 Å². The van der Waals surface area contributed by atoms with E-state index in [1.165, 1.54) is 6.07 Å². The molecule has 0 saturated carbocycles. The lowest BCUT2D eigenvalue weighted by molar-refractivity contribution is 0.610. The minimum absolute atomic E-state index is 0.162. The molecule has 2 aromatic heterocycles. The highest BCUT2D eigenvalue weighted by Crippen LogP contribution is 2.18. The maximum absolute atomic E-state index is 13.5. The van der Waals surface area contributed by atoms with Gasteiger partial charge in [0.25, 0.3) is 0 Å². The van der Waals surface area contributed by atoms with Gasteiger partial charge in [-0.2, -0.15) is 15.1 Å². The highest BCUT2D eigenvalue weighted by Gasteiger charge is 2.08. The standard InChI is InChI=1S/C13H13FN6/c14-10-4-2-1-3-8(10)5-6-16-11-9-7-17-20-12(9)19-13(15)18-11/h1-4,7H,5-6H2,(H4,15,16,17,18,19,20). The summed E-state index contributed by atoms with van der Waals surface area (Å²) in [6.07, 6.45) is 2.18. The quantitative estimate of drug-likeness (QED) is 0.672. The van der Waals surface area contributed by atoms with E-state index in [-0.39, 0.29) is 11.8 Å². The summed E-state index contributed by atoms with van der Waals surface area (Å²) in [5.41, 5.74) is 6.85. The summed E-state index contributed by atoms with van der Waals surface area (Å²) in [7, 11) is 0. The van der Waals surface area contributed by atoms with E-state index in [0.29, 0.717) is 30.0 Å². The maximum Gasteiger partial charge on any atom is 0.224 e. The molecule has 102 valence electrons. The Morgan fingerprint density at radius 3 is 2.95 bits per heavy atom. The summed E-state index contributed by atoms with van der Waals surface area (Å²) in [4.78, 5) is 8.15. The SMILES string of the molecule is Nc1nc(NCCc2ccccc2F)c2cn[nH]c2n1. The van der Waals surface area contributed by atoms with Gasteiger partial charge in [-0.25, -0.2) is 4.39 Å². The van der Waals surface area contributed by atoms with Crippen molar-refractivity contribution in [2.24, 2.45) is 0 Å². The van der Waals surface area contributed by atoms with Gasteiger partial charge >= 0.3 is 0 Å². The smallest absolute Gasteiger partial charge is 0.224 e.